The molecule has 0 saturated heterocycles. The number of halogens is 2. The van der Waals surface area contributed by atoms with E-state index in [1.807, 2.05) is 35.6 Å². The van der Waals surface area contributed by atoms with Crippen molar-refractivity contribution in [2.45, 2.75) is 18.7 Å². The van der Waals surface area contributed by atoms with Gasteiger partial charge in [-0.15, -0.1) is 0 Å². The van der Waals surface area contributed by atoms with Crippen molar-refractivity contribution in [3.63, 3.8) is 0 Å². The van der Waals surface area contributed by atoms with Gasteiger partial charge in [0, 0.05) is 5.69 Å². The van der Waals surface area contributed by atoms with Crippen molar-refractivity contribution in [3.8, 4) is 17.6 Å². The maximum absolute atomic E-state index is 13.1. The molecule has 0 fully saturated rings. The number of anilines is 1. The van der Waals surface area contributed by atoms with Crippen molar-refractivity contribution in [3.05, 3.63) is 86.8 Å². The lowest BCUT2D eigenvalue weighted by atomic mass is 10.1. The van der Waals surface area contributed by atoms with E-state index in [9.17, 15) is 22.9 Å². The van der Waals surface area contributed by atoms with Gasteiger partial charge in [0.25, 0.3) is 5.91 Å². The Hall–Kier alpha value is -3.43. The molecule has 7 nitrogen and oxygen atoms in total. The molecule has 0 bridgehead atoms. The number of carbonyl (C=O) groups is 1. The lowest BCUT2D eigenvalue weighted by molar-refractivity contribution is -0.112. The Balaban J connectivity index is 1.93. The molecule has 0 unspecified atom stereocenters. The molecule has 180 valence electrons. The standard InChI is InChI=1S/C25H20FIN2O5S/c1-3-33-23-14-17(12-18(15-28)25(30)29-20-8-6-19(26)7-9-20)13-22(27)24(23)34-35(31,32)21-10-4-16(2)5-11-21/h4-14H,3H2,1-2H3,(H,29,30)/b18-12+. The van der Waals surface area contributed by atoms with Crippen LogP contribution in [0.5, 0.6) is 11.5 Å². The van der Waals surface area contributed by atoms with Gasteiger partial charge >= 0.3 is 10.1 Å². The van der Waals surface area contributed by atoms with E-state index in [2.05, 4.69) is 5.32 Å². The average Bonchev–Trinajstić information content (AvgIpc) is 2.81. The SMILES string of the molecule is CCOc1cc(/C=C(\C#N)C(=O)Nc2ccc(F)cc2)cc(I)c1OS(=O)(=O)c1ccc(C)cc1. The summed E-state index contributed by atoms with van der Waals surface area (Å²) in [5.41, 5.74) is 1.44. The average molecular weight is 606 g/mol. The fourth-order valence-corrected chi connectivity index (χ4v) is 4.77. The molecule has 0 heterocycles. The normalized spacial score (nSPS) is 11.5. The number of aryl methyl sites for hydroxylation is 1. The van der Waals surface area contributed by atoms with Crippen LogP contribution in [0, 0.1) is 27.6 Å². The Labute approximate surface area is 216 Å². The van der Waals surface area contributed by atoms with Gasteiger partial charge in [0.1, 0.15) is 22.4 Å². The smallest absolute Gasteiger partial charge is 0.339 e. The van der Waals surface area contributed by atoms with E-state index in [-0.39, 0.29) is 28.6 Å². The second-order valence-corrected chi connectivity index (χ2v) is 9.95. The maximum atomic E-state index is 13.1. The molecule has 1 N–H and O–H groups in total. The number of benzene rings is 3. The zero-order valence-electron chi connectivity index (χ0n) is 18.7. The summed E-state index contributed by atoms with van der Waals surface area (Å²) in [4.78, 5) is 12.5. The van der Waals surface area contributed by atoms with E-state index >= 15 is 0 Å². The number of nitriles is 1. The Bertz CT molecular complexity index is 1410. The van der Waals surface area contributed by atoms with Gasteiger partial charge in [-0.1, -0.05) is 17.7 Å². The van der Waals surface area contributed by atoms with Crippen LogP contribution < -0.4 is 14.2 Å². The summed E-state index contributed by atoms with van der Waals surface area (Å²) in [5, 5.41) is 12.0. The van der Waals surface area contributed by atoms with Gasteiger partial charge in [-0.2, -0.15) is 13.7 Å². The summed E-state index contributed by atoms with van der Waals surface area (Å²) in [6.07, 6.45) is 1.34. The van der Waals surface area contributed by atoms with E-state index in [4.69, 9.17) is 8.92 Å². The molecule has 0 aliphatic carbocycles. The van der Waals surface area contributed by atoms with Gasteiger partial charge in [0.15, 0.2) is 11.5 Å². The topological polar surface area (TPSA) is 105 Å². The van der Waals surface area contributed by atoms with Crippen LogP contribution >= 0.6 is 22.6 Å². The largest absolute Gasteiger partial charge is 0.490 e. The first-order valence-corrected chi connectivity index (χ1v) is 12.8. The first kappa shape index (κ1) is 26.2. The monoisotopic (exact) mass is 606 g/mol. The molecule has 0 aliphatic rings. The van der Waals surface area contributed by atoms with Crippen molar-refractivity contribution >= 4 is 50.4 Å². The van der Waals surface area contributed by atoms with E-state index < -0.39 is 21.8 Å². The summed E-state index contributed by atoms with van der Waals surface area (Å²) in [6.45, 7) is 3.79. The first-order chi connectivity index (χ1) is 16.6. The van der Waals surface area contributed by atoms with Gasteiger partial charge in [-0.25, -0.2) is 4.39 Å². The Morgan fingerprint density at radius 1 is 1.14 bits per heavy atom. The number of rotatable bonds is 8. The third kappa shape index (κ3) is 6.80. The molecule has 0 aromatic heterocycles. The summed E-state index contributed by atoms with van der Waals surface area (Å²) in [6, 6.07) is 16.2. The molecule has 0 atom stereocenters. The van der Waals surface area contributed by atoms with Crippen LogP contribution in [-0.2, 0) is 14.9 Å². The van der Waals surface area contributed by atoms with Crippen molar-refractivity contribution in [2.75, 3.05) is 11.9 Å². The van der Waals surface area contributed by atoms with Crippen molar-refractivity contribution < 1.29 is 26.5 Å². The highest BCUT2D eigenvalue weighted by Gasteiger charge is 2.22. The van der Waals surface area contributed by atoms with E-state index in [0.717, 1.165) is 5.56 Å². The van der Waals surface area contributed by atoms with Gasteiger partial charge in [0.05, 0.1) is 10.2 Å². The summed E-state index contributed by atoms with van der Waals surface area (Å²) in [7, 11) is -4.13. The van der Waals surface area contributed by atoms with E-state index in [0.29, 0.717) is 14.8 Å². The van der Waals surface area contributed by atoms with Crippen LogP contribution in [0.2, 0.25) is 0 Å². The molecule has 35 heavy (non-hydrogen) atoms. The van der Waals surface area contributed by atoms with Crippen molar-refractivity contribution in [1.82, 2.24) is 0 Å². The number of amides is 1. The van der Waals surface area contributed by atoms with Gasteiger partial charge in [-0.05, 0) is 96.6 Å². The number of nitrogens with one attached hydrogen (secondary N) is 1. The Kier molecular flexibility index (Phi) is 8.48. The molecular formula is C25H20FIN2O5S. The van der Waals surface area contributed by atoms with Gasteiger partial charge in [0.2, 0.25) is 0 Å². The van der Waals surface area contributed by atoms with Crippen LogP contribution in [0.15, 0.2) is 71.1 Å². The Morgan fingerprint density at radius 2 is 1.80 bits per heavy atom. The zero-order valence-corrected chi connectivity index (χ0v) is 21.7. The minimum absolute atomic E-state index is 0.000513. The molecule has 3 rings (SSSR count). The van der Waals surface area contributed by atoms with Crippen LogP contribution in [0.25, 0.3) is 6.08 Å². The van der Waals surface area contributed by atoms with Crippen LogP contribution in [0.4, 0.5) is 10.1 Å². The molecule has 0 aliphatic heterocycles. The van der Waals surface area contributed by atoms with E-state index in [1.165, 1.54) is 48.5 Å². The van der Waals surface area contributed by atoms with Crippen LogP contribution in [0.3, 0.4) is 0 Å². The highest BCUT2D eigenvalue weighted by atomic mass is 127. The highest BCUT2D eigenvalue weighted by molar-refractivity contribution is 14.1. The third-order valence-corrected chi connectivity index (χ3v) is 6.65. The van der Waals surface area contributed by atoms with Crippen molar-refractivity contribution in [2.24, 2.45) is 0 Å². The Morgan fingerprint density at radius 3 is 2.40 bits per heavy atom. The molecule has 3 aromatic rings. The minimum Gasteiger partial charge on any atom is -0.490 e. The number of carbonyl (C=O) groups excluding carboxylic acids is 1. The summed E-state index contributed by atoms with van der Waals surface area (Å²) >= 11 is 1.90. The number of hydrogen-bond acceptors (Lipinski definition) is 6. The molecule has 3 aromatic carbocycles. The van der Waals surface area contributed by atoms with Crippen LogP contribution in [-0.4, -0.2) is 20.9 Å². The second-order valence-electron chi connectivity index (χ2n) is 7.24. The zero-order chi connectivity index (χ0) is 25.6. The maximum Gasteiger partial charge on any atom is 0.339 e. The number of hydrogen-bond donors (Lipinski definition) is 1. The molecular weight excluding hydrogens is 586 g/mol. The summed E-state index contributed by atoms with van der Waals surface area (Å²) < 4.78 is 50.1. The fraction of sp³-hybridized carbons (Fsp3) is 0.120. The van der Waals surface area contributed by atoms with Gasteiger partial charge < -0.3 is 14.2 Å². The van der Waals surface area contributed by atoms with E-state index in [1.54, 1.807) is 25.1 Å². The first-order valence-electron chi connectivity index (χ1n) is 10.3. The predicted octanol–water partition coefficient (Wildman–Crippen LogP) is 5.45. The minimum atomic E-state index is -4.13. The summed E-state index contributed by atoms with van der Waals surface area (Å²) in [5.74, 6) is -1.00. The molecule has 0 saturated carbocycles. The quantitative estimate of drug-likeness (QED) is 0.158. The fourth-order valence-electron chi connectivity index (χ4n) is 2.92. The third-order valence-electron chi connectivity index (χ3n) is 4.61. The second kappa shape index (κ2) is 11.3. The molecule has 0 radical (unpaired) electrons. The highest BCUT2D eigenvalue weighted by Crippen LogP contribution is 2.37. The number of nitrogens with zero attached hydrogens (tertiary/aromatic N) is 1. The molecule has 0 spiro atoms. The molecule has 10 heteroatoms. The predicted molar refractivity (Wildman–Crippen MR) is 138 cm³/mol. The molecule has 1 amide bonds. The van der Waals surface area contributed by atoms with Gasteiger partial charge in [-0.3, -0.25) is 4.79 Å². The van der Waals surface area contributed by atoms with Crippen molar-refractivity contribution in [1.29, 1.82) is 5.26 Å². The lowest BCUT2D eigenvalue weighted by Gasteiger charge is -2.15. The lowest BCUT2D eigenvalue weighted by Crippen LogP contribution is -2.13. The van der Waals surface area contributed by atoms with Crippen LogP contribution in [0.1, 0.15) is 18.1 Å². The number of ether oxygens (including phenoxy) is 1.